The Hall–Kier alpha value is -1.60. The lowest BCUT2D eigenvalue weighted by Gasteiger charge is -2.19. The molecular weight excluding hydrogens is 232 g/mol. The molecule has 1 fully saturated rings. The van der Waals surface area contributed by atoms with Crippen LogP contribution in [0.4, 0.5) is 0 Å². The Bertz CT molecular complexity index is 491. The van der Waals surface area contributed by atoms with E-state index in [0.29, 0.717) is 5.92 Å². The predicted octanol–water partition coefficient (Wildman–Crippen LogP) is 4.20. The molecular formula is C18H19O. The third-order valence-corrected chi connectivity index (χ3v) is 4.30. The van der Waals surface area contributed by atoms with Gasteiger partial charge in [-0.05, 0) is 36.8 Å². The van der Waals surface area contributed by atoms with Gasteiger partial charge >= 0.3 is 0 Å². The van der Waals surface area contributed by atoms with Crippen LogP contribution in [-0.2, 0) is 10.5 Å². The van der Waals surface area contributed by atoms with E-state index in [1.807, 2.05) is 0 Å². The molecule has 1 aliphatic carbocycles. The number of hydrogen-bond acceptors (Lipinski definition) is 0. The maximum Gasteiger partial charge on any atom is 0.0905 e. The van der Waals surface area contributed by atoms with E-state index in [9.17, 15) is 5.11 Å². The molecule has 0 N–H and O–H groups in total. The summed E-state index contributed by atoms with van der Waals surface area (Å²) in [5, 5.41) is 11.5. The van der Waals surface area contributed by atoms with E-state index in [1.54, 1.807) is 6.92 Å². The van der Waals surface area contributed by atoms with Crippen molar-refractivity contribution in [3.05, 3.63) is 71.8 Å². The fourth-order valence-corrected chi connectivity index (χ4v) is 3.36. The van der Waals surface area contributed by atoms with Crippen LogP contribution in [0.5, 0.6) is 0 Å². The van der Waals surface area contributed by atoms with Gasteiger partial charge in [0.1, 0.15) is 0 Å². The second kappa shape index (κ2) is 4.82. The van der Waals surface area contributed by atoms with Crippen molar-refractivity contribution in [3.8, 4) is 0 Å². The highest BCUT2D eigenvalue weighted by atomic mass is 16.3. The van der Waals surface area contributed by atoms with E-state index < -0.39 is 6.10 Å². The molecule has 0 spiro atoms. The average Bonchev–Trinajstić information content (AvgIpc) is 3.15. The third-order valence-electron chi connectivity index (χ3n) is 4.30. The summed E-state index contributed by atoms with van der Waals surface area (Å²) in [7, 11) is 0. The minimum Gasteiger partial charge on any atom is -0.233 e. The summed E-state index contributed by atoms with van der Waals surface area (Å²) in [5.74, 6) is 0.491. The Balaban J connectivity index is 2.00. The van der Waals surface area contributed by atoms with E-state index >= 15 is 0 Å². The molecule has 0 bridgehead atoms. The molecule has 2 aromatic rings. The van der Waals surface area contributed by atoms with E-state index in [-0.39, 0.29) is 5.41 Å². The maximum atomic E-state index is 11.5. The fourth-order valence-electron chi connectivity index (χ4n) is 3.36. The molecule has 2 unspecified atom stereocenters. The van der Waals surface area contributed by atoms with Crippen LogP contribution in [0.3, 0.4) is 0 Å². The Morgan fingerprint density at radius 1 is 1.00 bits per heavy atom. The van der Waals surface area contributed by atoms with Gasteiger partial charge in [0.15, 0.2) is 0 Å². The highest BCUT2D eigenvalue weighted by molar-refractivity contribution is 5.46. The van der Waals surface area contributed by atoms with Crippen molar-refractivity contribution in [2.24, 2.45) is 5.92 Å². The van der Waals surface area contributed by atoms with Crippen LogP contribution in [0, 0.1) is 5.92 Å². The standard InChI is InChI=1S/C18H19O/c1-14(19)12-17-13-18(17,15-8-4-2-5-9-15)16-10-6-3-7-11-16/h2-11,14,17H,12-13H2,1H3. The van der Waals surface area contributed by atoms with Crippen LogP contribution >= 0.6 is 0 Å². The number of hydrogen-bond donors (Lipinski definition) is 0. The molecule has 19 heavy (non-hydrogen) atoms. The molecule has 0 saturated heterocycles. The average molecular weight is 251 g/mol. The number of benzene rings is 2. The van der Waals surface area contributed by atoms with Gasteiger partial charge in [-0.3, -0.25) is 0 Å². The summed E-state index contributed by atoms with van der Waals surface area (Å²) in [5.41, 5.74) is 2.79. The fraction of sp³-hybridized carbons (Fsp3) is 0.333. The Morgan fingerprint density at radius 3 is 1.89 bits per heavy atom. The van der Waals surface area contributed by atoms with Gasteiger partial charge < -0.3 is 0 Å². The van der Waals surface area contributed by atoms with Crippen LogP contribution < -0.4 is 0 Å². The van der Waals surface area contributed by atoms with Crippen LogP contribution in [0.15, 0.2) is 60.7 Å². The zero-order chi connectivity index (χ0) is 13.3. The topological polar surface area (TPSA) is 19.9 Å². The molecule has 0 amide bonds. The molecule has 1 radical (unpaired) electrons. The van der Waals surface area contributed by atoms with Gasteiger partial charge in [-0.15, -0.1) is 0 Å². The van der Waals surface area contributed by atoms with Gasteiger partial charge in [0.2, 0.25) is 0 Å². The van der Waals surface area contributed by atoms with Gasteiger partial charge in [-0.1, -0.05) is 60.7 Å². The van der Waals surface area contributed by atoms with Gasteiger partial charge in [0.05, 0.1) is 6.10 Å². The van der Waals surface area contributed by atoms with Crippen molar-refractivity contribution in [3.63, 3.8) is 0 Å². The highest BCUT2D eigenvalue weighted by Crippen LogP contribution is 2.60. The summed E-state index contributed by atoms with van der Waals surface area (Å²) in [4.78, 5) is 0. The minimum absolute atomic E-state index is 0.0845. The minimum atomic E-state index is -0.473. The number of rotatable bonds is 4. The molecule has 1 heteroatoms. The summed E-state index contributed by atoms with van der Waals surface area (Å²) in [6.07, 6.45) is 1.40. The zero-order valence-corrected chi connectivity index (χ0v) is 11.3. The van der Waals surface area contributed by atoms with E-state index in [1.165, 1.54) is 11.1 Å². The van der Waals surface area contributed by atoms with Crippen LogP contribution in [0.2, 0.25) is 0 Å². The van der Waals surface area contributed by atoms with Crippen LogP contribution in [-0.4, -0.2) is 6.10 Å². The Morgan fingerprint density at radius 2 is 1.47 bits per heavy atom. The van der Waals surface area contributed by atoms with Gasteiger partial charge in [0.25, 0.3) is 0 Å². The van der Waals surface area contributed by atoms with Crippen molar-refractivity contribution in [1.29, 1.82) is 0 Å². The van der Waals surface area contributed by atoms with Crippen molar-refractivity contribution < 1.29 is 5.11 Å². The lowest BCUT2D eigenvalue weighted by molar-refractivity contribution is 0.0909. The SMILES string of the molecule is CC([O])CC1CC1(c1ccccc1)c1ccccc1. The highest BCUT2D eigenvalue weighted by Gasteiger charge is 2.56. The zero-order valence-electron chi connectivity index (χ0n) is 11.3. The second-order valence-corrected chi connectivity index (χ2v) is 5.65. The van der Waals surface area contributed by atoms with Crippen LogP contribution in [0.1, 0.15) is 30.9 Å². The monoisotopic (exact) mass is 251 g/mol. The van der Waals surface area contributed by atoms with E-state index in [0.717, 1.165) is 12.8 Å². The lowest BCUT2D eigenvalue weighted by atomic mass is 9.85. The third kappa shape index (κ3) is 2.19. The molecule has 2 aromatic carbocycles. The van der Waals surface area contributed by atoms with E-state index in [4.69, 9.17) is 0 Å². The quantitative estimate of drug-likeness (QED) is 0.776. The Labute approximate surface area is 114 Å². The largest absolute Gasteiger partial charge is 0.233 e. The molecule has 97 valence electrons. The lowest BCUT2D eigenvalue weighted by Crippen LogP contribution is -2.14. The first kappa shape index (κ1) is 12.4. The summed E-state index contributed by atoms with van der Waals surface area (Å²) < 4.78 is 0. The molecule has 3 rings (SSSR count). The summed E-state index contributed by atoms with van der Waals surface area (Å²) >= 11 is 0. The molecule has 0 aromatic heterocycles. The first-order valence-corrected chi connectivity index (χ1v) is 7.00. The molecule has 2 atom stereocenters. The molecule has 0 aliphatic heterocycles. The van der Waals surface area contributed by atoms with Crippen molar-refractivity contribution in [1.82, 2.24) is 0 Å². The molecule has 1 aliphatic rings. The summed E-state index contributed by atoms with van der Waals surface area (Å²) in [6.45, 7) is 1.78. The molecule has 1 nitrogen and oxygen atoms in total. The second-order valence-electron chi connectivity index (χ2n) is 5.65. The summed E-state index contributed by atoms with van der Waals surface area (Å²) in [6, 6.07) is 21.3. The van der Waals surface area contributed by atoms with Crippen molar-refractivity contribution >= 4 is 0 Å². The smallest absolute Gasteiger partial charge is 0.0905 e. The molecule has 1 saturated carbocycles. The first-order chi connectivity index (χ1) is 9.23. The van der Waals surface area contributed by atoms with Crippen molar-refractivity contribution in [2.45, 2.75) is 31.3 Å². The van der Waals surface area contributed by atoms with Crippen LogP contribution in [0.25, 0.3) is 0 Å². The van der Waals surface area contributed by atoms with E-state index in [2.05, 4.69) is 60.7 Å². The van der Waals surface area contributed by atoms with Gasteiger partial charge in [-0.2, -0.15) is 0 Å². The van der Waals surface area contributed by atoms with Crippen molar-refractivity contribution in [2.75, 3.05) is 0 Å². The Kier molecular flexibility index (Phi) is 3.16. The predicted molar refractivity (Wildman–Crippen MR) is 76.5 cm³/mol. The maximum absolute atomic E-state index is 11.5. The van der Waals surface area contributed by atoms with Gasteiger partial charge in [-0.25, -0.2) is 5.11 Å². The first-order valence-electron chi connectivity index (χ1n) is 7.00. The van der Waals surface area contributed by atoms with Gasteiger partial charge in [0, 0.05) is 5.41 Å². The normalized spacial score (nSPS) is 21.9. The molecule has 0 heterocycles.